The second-order valence-electron chi connectivity index (χ2n) is 5.68. The molecule has 1 unspecified atom stereocenters. The number of hydrogen-bond acceptors (Lipinski definition) is 7. The van der Waals surface area contributed by atoms with Crippen LogP contribution in [0.4, 0.5) is 11.8 Å². The maximum Gasteiger partial charge on any atom is 0.247 e. The number of nitrogens with zero attached hydrogens (tertiary/aromatic N) is 5. The summed E-state index contributed by atoms with van der Waals surface area (Å²) in [6.07, 6.45) is 8.69. The van der Waals surface area contributed by atoms with E-state index in [9.17, 15) is 0 Å². The van der Waals surface area contributed by atoms with Crippen molar-refractivity contribution in [2.45, 2.75) is 25.4 Å². The number of aromatic nitrogens is 4. The van der Waals surface area contributed by atoms with Gasteiger partial charge in [0.05, 0.1) is 12.3 Å². The lowest BCUT2D eigenvalue weighted by molar-refractivity contribution is 0.120. The van der Waals surface area contributed by atoms with Gasteiger partial charge in [-0.05, 0) is 37.0 Å². The van der Waals surface area contributed by atoms with Gasteiger partial charge in [0, 0.05) is 39.1 Å². The van der Waals surface area contributed by atoms with E-state index in [0.717, 1.165) is 44.8 Å². The van der Waals surface area contributed by atoms with Crippen molar-refractivity contribution in [3.05, 3.63) is 36.3 Å². The average Bonchev–Trinajstić information content (AvgIpc) is 3.12. The van der Waals surface area contributed by atoms with Gasteiger partial charge < -0.3 is 15.0 Å². The van der Waals surface area contributed by atoms with Gasteiger partial charge in [-0.2, -0.15) is 10.1 Å². The zero-order valence-corrected chi connectivity index (χ0v) is 13.4. The summed E-state index contributed by atoms with van der Waals surface area (Å²) in [5.41, 5.74) is 1.24. The summed E-state index contributed by atoms with van der Waals surface area (Å²) in [7, 11) is 1.97. The van der Waals surface area contributed by atoms with Crippen molar-refractivity contribution in [1.82, 2.24) is 20.2 Å². The summed E-state index contributed by atoms with van der Waals surface area (Å²) in [6.45, 7) is 2.44. The number of hydrogen-bond donors (Lipinski definition) is 1. The zero-order valence-electron chi connectivity index (χ0n) is 13.4. The van der Waals surface area contributed by atoms with Crippen LogP contribution < -0.4 is 10.2 Å². The molecule has 0 amide bonds. The summed E-state index contributed by atoms with van der Waals surface area (Å²) >= 11 is 0. The molecule has 1 N–H and O–H groups in total. The number of likely N-dealkylation sites (N-methyl/N-ethyl adjacent to an activating group) is 1. The van der Waals surface area contributed by atoms with E-state index in [4.69, 9.17) is 4.74 Å². The van der Waals surface area contributed by atoms with E-state index < -0.39 is 0 Å². The molecule has 1 aliphatic heterocycles. The zero-order chi connectivity index (χ0) is 15.9. The standard InChI is InChI=1S/C16H22N6O/c1-22(9-6-13-4-7-17-8-5-13)16-20-15(12-19-21-16)18-11-14-3-2-10-23-14/h4-5,7-8,12,14H,2-3,6,9-11H2,1H3,(H,18,20,21). The fourth-order valence-electron chi connectivity index (χ4n) is 2.51. The van der Waals surface area contributed by atoms with E-state index in [0.29, 0.717) is 5.95 Å². The maximum absolute atomic E-state index is 5.60. The smallest absolute Gasteiger partial charge is 0.247 e. The Hall–Kier alpha value is -2.28. The molecule has 1 atom stereocenters. The van der Waals surface area contributed by atoms with E-state index in [1.54, 1.807) is 6.20 Å². The van der Waals surface area contributed by atoms with Crippen LogP contribution in [0.15, 0.2) is 30.7 Å². The van der Waals surface area contributed by atoms with E-state index >= 15 is 0 Å². The van der Waals surface area contributed by atoms with Crippen LogP contribution in [0.25, 0.3) is 0 Å². The molecular formula is C16H22N6O. The Bertz CT molecular complexity index is 603. The van der Waals surface area contributed by atoms with Crippen LogP contribution in [-0.4, -0.2) is 53.0 Å². The van der Waals surface area contributed by atoms with Crippen LogP contribution in [0, 0.1) is 0 Å². The van der Waals surface area contributed by atoms with Crippen LogP contribution in [-0.2, 0) is 11.2 Å². The van der Waals surface area contributed by atoms with Gasteiger partial charge in [-0.3, -0.25) is 4.98 Å². The highest BCUT2D eigenvalue weighted by atomic mass is 16.5. The Morgan fingerprint density at radius 2 is 2.22 bits per heavy atom. The maximum atomic E-state index is 5.60. The lowest BCUT2D eigenvalue weighted by atomic mass is 10.2. The molecule has 3 rings (SSSR count). The largest absolute Gasteiger partial charge is 0.376 e. The van der Waals surface area contributed by atoms with Crippen molar-refractivity contribution in [2.24, 2.45) is 0 Å². The van der Waals surface area contributed by atoms with Gasteiger partial charge in [-0.1, -0.05) is 0 Å². The molecular weight excluding hydrogens is 292 g/mol. The number of pyridine rings is 1. The molecule has 0 aliphatic carbocycles. The minimum atomic E-state index is 0.276. The highest BCUT2D eigenvalue weighted by Gasteiger charge is 2.15. The van der Waals surface area contributed by atoms with Crippen molar-refractivity contribution in [2.75, 3.05) is 37.0 Å². The molecule has 1 saturated heterocycles. The summed E-state index contributed by atoms with van der Waals surface area (Å²) in [5.74, 6) is 1.36. The first-order valence-electron chi connectivity index (χ1n) is 7.96. The Balaban J connectivity index is 1.53. The fourth-order valence-corrected chi connectivity index (χ4v) is 2.51. The molecule has 2 aromatic heterocycles. The van der Waals surface area contributed by atoms with Gasteiger partial charge >= 0.3 is 0 Å². The number of nitrogens with one attached hydrogen (secondary N) is 1. The molecule has 7 nitrogen and oxygen atoms in total. The highest BCUT2D eigenvalue weighted by molar-refractivity contribution is 5.38. The SMILES string of the molecule is CN(CCc1ccncc1)c1nncc(NCC2CCCO2)n1. The van der Waals surface area contributed by atoms with Gasteiger partial charge in [-0.15, -0.1) is 5.10 Å². The second-order valence-corrected chi connectivity index (χ2v) is 5.68. The van der Waals surface area contributed by atoms with Gasteiger partial charge in [-0.25, -0.2) is 0 Å². The summed E-state index contributed by atoms with van der Waals surface area (Å²) in [5, 5.41) is 11.4. The van der Waals surface area contributed by atoms with Crippen molar-refractivity contribution in [1.29, 1.82) is 0 Å². The number of rotatable bonds is 7. The van der Waals surface area contributed by atoms with Crippen molar-refractivity contribution in [3.63, 3.8) is 0 Å². The Morgan fingerprint density at radius 1 is 1.35 bits per heavy atom. The van der Waals surface area contributed by atoms with Crippen molar-refractivity contribution >= 4 is 11.8 Å². The average molecular weight is 314 g/mol. The first kappa shape index (κ1) is 15.6. The number of ether oxygens (including phenoxy) is 1. The quantitative estimate of drug-likeness (QED) is 0.830. The number of anilines is 2. The van der Waals surface area contributed by atoms with E-state index in [1.807, 2.05) is 36.5 Å². The summed E-state index contributed by atoms with van der Waals surface area (Å²) in [6, 6.07) is 4.04. The van der Waals surface area contributed by atoms with Crippen molar-refractivity contribution in [3.8, 4) is 0 Å². The first-order valence-corrected chi connectivity index (χ1v) is 7.96. The molecule has 2 aromatic rings. The lowest BCUT2D eigenvalue weighted by Gasteiger charge is -2.17. The minimum absolute atomic E-state index is 0.276. The highest BCUT2D eigenvalue weighted by Crippen LogP contribution is 2.13. The third-order valence-electron chi connectivity index (χ3n) is 3.91. The summed E-state index contributed by atoms with van der Waals surface area (Å²) in [4.78, 5) is 10.6. The molecule has 0 radical (unpaired) electrons. The molecule has 1 fully saturated rings. The Kier molecular flexibility index (Phi) is 5.31. The topological polar surface area (TPSA) is 76.1 Å². The minimum Gasteiger partial charge on any atom is -0.376 e. The molecule has 0 bridgehead atoms. The van der Waals surface area contributed by atoms with Crippen LogP contribution in [0.2, 0.25) is 0 Å². The van der Waals surface area contributed by atoms with E-state index in [2.05, 4.69) is 25.5 Å². The molecule has 7 heteroatoms. The predicted octanol–water partition coefficient (Wildman–Crippen LogP) is 1.54. The Morgan fingerprint density at radius 3 is 3.00 bits per heavy atom. The van der Waals surface area contributed by atoms with E-state index in [-0.39, 0.29) is 6.10 Å². The molecule has 23 heavy (non-hydrogen) atoms. The molecule has 0 spiro atoms. The van der Waals surface area contributed by atoms with Crippen LogP contribution >= 0.6 is 0 Å². The Labute approximate surface area is 136 Å². The second kappa shape index (κ2) is 7.82. The summed E-state index contributed by atoms with van der Waals surface area (Å²) < 4.78 is 5.60. The normalized spacial score (nSPS) is 17.2. The van der Waals surface area contributed by atoms with Gasteiger partial charge in [0.15, 0.2) is 5.82 Å². The fraction of sp³-hybridized carbons (Fsp3) is 0.500. The predicted molar refractivity (Wildman–Crippen MR) is 88.5 cm³/mol. The van der Waals surface area contributed by atoms with Gasteiger partial charge in [0.2, 0.25) is 5.95 Å². The molecule has 3 heterocycles. The van der Waals surface area contributed by atoms with Gasteiger partial charge in [0.1, 0.15) is 0 Å². The van der Waals surface area contributed by atoms with Crippen LogP contribution in [0.5, 0.6) is 0 Å². The third-order valence-corrected chi connectivity index (χ3v) is 3.91. The van der Waals surface area contributed by atoms with Crippen LogP contribution in [0.3, 0.4) is 0 Å². The lowest BCUT2D eigenvalue weighted by Crippen LogP contribution is -2.24. The third kappa shape index (κ3) is 4.59. The first-order chi connectivity index (χ1) is 11.3. The molecule has 0 saturated carbocycles. The van der Waals surface area contributed by atoms with Gasteiger partial charge in [0.25, 0.3) is 0 Å². The molecule has 122 valence electrons. The monoisotopic (exact) mass is 314 g/mol. The van der Waals surface area contributed by atoms with Crippen LogP contribution in [0.1, 0.15) is 18.4 Å². The molecule has 1 aliphatic rings. The molecule has 0 aromatic carbocycles. The van der Waals surface area contributed by atoms with Crippen molar-refractivity contribution < 1.29 is 4.74 Å². The van der Waals surface area contributed by atoms with E-state index in [1.165, 1.54) is 5.56 Å².